The zero-order valence-corrected chi connectivity index (χ0v) is 8.96. The zero-order valence-electron chi connectivity index (χ0n) is 8.96. The van der Waals surface area contributed by atoms with E-state index in [-0.39, 0.29) is 5.91 Å². The van der Waals surface area contributed by atoms with E-state index in [2.05, 4.69) is 6.58 Å². The Balaban J connectivity index is 0. The molecule has 0 radical (unpaired) electrons. The summed E-state index contributed by atoms with van der Waals surface area (Å²) < 4.78 is 0. The number of primary amides is 2. The molecule has 0 aromatic heterocycles. The van der Waals surface area contributed by atoms with E-state index in [0.717, 1.165) is 6.42 Å². The molecular formula is C10H18N2O2. The fourth-order valence-electron chi connectivity index (χ4n) is 0.407. The van der Waals surface area contributed by atoms with Crippen molar-refractivity contribution in [3.05, 3.63) is 23.8 Å². The summed E-state index contributed by atoms with van der Waals surface area (Å²) in [6.07, 6.45) is 2.68. The van der Waals surface area contributed by atoms with Crippen molar-refractivity contribution in [1.82, 2.24) is 0 Å². The van der Waals surface area contributed by atoms with Gasteiger partial charge in [0.2, 0.25) is 11.8 Å². The molecule has 4 N–H and O–H groups in total. The minimum absolute atomic E-state index is 0.327. The average molecular weight is 198 g/mol. The molecule has 0 aromatic carbocycles. The average Bonchev–Trinajstić information content (AvgIpc) is 2.05. The highest BCUT2D eigenvalue weighted by molar-refractivity contribution is 5.91. The smallest absolute Gasteiger partial charge is 0.244 e. The third kappa shape index (κ3) is 10.4. The molecule has 0 aliphatic carbocycles. The summed E-state index contributed by atoms with van der Waals surface area (Å²) in [5.74, 6) is -0.762. The molecule has 4 nitrogen and oxygen atoms in total. The lowest BCUT2D eigenvalue weighted by Gasteiger charge is -1.88. The number of amides is 2. The molecule has 2 amide bonds. The van der Waals surface area contributed by atoms with Gasteiger partial charge in [0.15, 0.2) is 0 Å². The zero-order chi connectivity index (χ0) is 11.7. The maximum Gasteiger partial charge on any atom is 0.244 e. The van der Waals surface area contributed by atoms with E-state index in [0.29, 0.717) is 11.1 Å². The Bertz CT molecular complexity index is 243. The first-order valence-electron chi connectivity index (χ1n) is 4.24. The minimum Gasteiger partial charge on any atom is -0.366 e. The van der Waals surface area contributed by atoms with Crippen molar-refractivity contribution in [2.75, 3.05) is 0 Å². The topological polar surface area (TPSA) is 86.2 Å². The summed E-state index contributed by atoms with van der Waals surface area (Å²) in [5.41, 5.74) is 10.7. The van der Waals surface area contributed by atoms with Gasteiger partial charge in [-0.1, -0.05) is 19.6 Å². The Morgan fingerprint density at radius 3 is 1.64 bits per heavy atom. The molecule has 0 bridgehead atoms. The van der Waals surface area contributed by atoms with Gasteiger partial charge >= 0.3 is 0 Å². The quantitative estimate of drug-likeness (QED) is 0.659. The second kappa shape index (κ2) is 8.04. The van der Waals surface area contributed by atoms with E-state index >= 15 is 0 Å². The van der Waals surface area contributed by atoms with E-state index < -0.39 is 5.91 Å². The third-order valence-electron chi connectivity index (χ3n) is 1.32. The van der Waals surface area contributed by atoms with Crippen molar-refractivity contribution in [3.63, 3.8) is 0 Å². The Morgan fingerprint density at radius 2 is 1.57 bits per heavy atom. The molecule has 14 heavy (non-hydrogen) atoms. The van der Waals surface area contributed by atoms with Gasteiger partial charge in [-0.05, 0) is 20.3 Å². The molecule has 0 saturated carbocycles. The molecule has 80 valence electrons. The second-order valence-electron chi connectivity index (χ2n) is 2.80. The van der Waals surface area contributed by atoms with Crippen LogP contribution in [-0.4, -0.2) is 11.8 Å². The van der Waals surface area contributed by atoms with Crippen molar-refractivity contribution in [3.8, 4) is 0 Å². The first-order valence-corrected chi connectivity index (χ1v) is 4.24. The maximum absolute atomic E-state index is 10.2. The van der Waals surface area contributed by atoms with Gasteiger partial charge in [0, 0.05) is 11.1 Å². The van der Waals surface area contributed by atoms with Gasteiger partial charge in [0.1, 0.15) is 0 Å². The summed E-state index contributed by atoms with van der Waals surface area (Å²) in [5, 5.41) is 0. The van der Waals surface area contributed by atoms with Gasteiger partial charge in [-0.15, -0.1) is 0 Å². The number of carbonyl (C=O) groups is 2. The van der Waals surface area contributed by atoms with Crippen LogP contribution in [0.3, 0.4) is 0 Å². The molecule has 0 heterocycles. The molecule has 0 atom stereocenters. The van der Waals surface area contributed by atoms with E-state index in [1.807, 2.05) is 13.0 Å². The number of allylic oxidation sites excluding steroid dienone is 1. The minimum atomic E-state index is -0.435. The summed E-state index contributed by atoms with van der Waals surface area (Å²) in [6, 6.07) is 0. The van der Waals surface area contributed by atoms with Crippen LogP contribution >= 0.6 is 0 Å². The fourth-order valence-corrected chi connectivity index (χ4v) is 0.407. The first kappa shape index (κ1) is 14.9. The standard InChI is InChI=1S/C6H11NO.C4H7NO/c1-3-4-5(2)6(7)8;1-3(2)4(5)6/h4H,3H2,1-2H3,(H2,7,8);1H2,2H3,(H2,5,6)/b5-4+;. The Hall–Kier alpha value is -1.58. The lowest BCUT2D eigenvalue weighted by Crippen LogP contribution is -2.11. The van der Waals surface area contributed by atoms with Crippen LogP contribution in [0.2, 0.25) is 0 Å². The van der Waals surface area contributed by atoms with E-state index in [1.54, 1.807) is 13.8 Å². The predicted molar refractivity (Wildman–Crippen MR) is 57.3 cm³/mol. The highest BCUT2D eigenvalue weighted by atomic mass is 16.1. The normalized spacial score (nSPS) is 9.79. The number of hydrogen-bond acceptors (Lipinski definition) is 2. The lowest BCUT2D eigenvalue weighted by molar-refractivity contribution is -0.115. The fraction of sp³-hybridized carbons (Fsp3) is 0.400. The van der Waals surface area contributed by atoms with Crippen LogP contribution < -0.4 is 11.5 Å². The van der Waals surface area contributed by atoms with Crippen LogP contribution in [0.5, 0.6) is 0 Å². The van der Waals surface area contributed by atoms with Crippen LogP contribution in [0, 0.1) is 0 Å². The first-order chi connectivity index (χ1) is 6.32. The van der Waals surface area contributed by atoms with Crippen molar-refractivity contribution < 1.29 is 9.59 Å². The Labute approximate surface area is 84.7 Å². The Morgan fingerprint density at radius 1 is 1.21 bits per heavy atom. The van der Waals surface area contributed by atoms with Crippen LogP contribution in [-0.2, 0) is 9.59 Å². The number of carbonyl (C=O) groups excluding carboxylic acids is 2. The van der Waals surface area contributed by atoms with E-state index in [4.69, 9.17) is 11.5 Å². The number of hydrogen-bond donors (Lipinski definition) is 2. The van der Waals surface area contributed by atoms with Gasteiger partial charge in [0.25, 0.3) is 0 Å². The van der Waals surface area contributed by atoms with Crippen molar-refractivity contribution in [2.45, 2.75) is 27.2 Å². The third-order valence-corrected chi connectivity index (χ3v) is 1.32. The van der Waals surface area contributed by atoms with E-state index in [1.165, 1.54) is 0 Å². The summed E-state index contributed by atoms with van der Waals surface area (Å²) >= 11 is 0. The van der Waals surface area contributed by atoms with Crippen LogP contribution in [0.4, 0.5) is 0 Å². The maximum atomic E-state index is 10.2. The van der Waals surface area contributed by atoms with Crippen molar-refractivity contribution in [2.24, 2.45) is 11.5 Å². The summed E-state index contributed by atoms with van der Waals surface area (Å²) in [7, 11) is 0. The molecular weight excluding hydrogens is 180 g/mol. The van der Waals surface area contributed by atoms with Gasteiger partial charge < -0.3 is 11.5 Å². The van der Waals surface area contributed by atoms with Gasteiger partial charge in [-0.2, -0.15) is 0 Å². The molecule has 0 fully saturated rings. The van der Waals surface area contributed by atoms with Gasteiger partial charge in [-0.3, -0.25) is 9.59 Å². The summed E-state index contributed by atoms with van der Waals surface area (Å²) in [6.45, 7) is 8.53. The molecule has 0 aliphatic heterocycles. The summed E-state index contributed by atoms with van der Waals surface area (Å²) in [4.78, 5) is 20.1. The van der Waals surface area contributed by atoms with Crippen LogP contribution in [0.15, 0.2) is 23.8 Å². The highest BCUT2D eigenvalue weighted by Crippen LogP contribution is 1.91. The molecule has 4 heteroatoms. The highest BCUT2D eigenvalue weighted by Gasteiger charge is 1.91. The predicted octanol–water partition coefficient (Wildman–Crippen LogP) is 0.876. The van der Waals surface area contributed by atoms with Gasteiger partial charge in [-0.25, -0.2) is 0 Å². The Kier molecular flexibility index (Phi) is 8.57. The molecule has 0 aromatic rings. The largest absolute Gasteiger partial charge is 0.366 e. The SMILES string of the molecule is C=C(C)C(N)=O.CC/C=C(\C)C(N)=O. The molecule has 0 saturated heterocycles. The van der Waals surface area contributed by atoms with E-state index in [9.17, 15) is 9.59 Å². The monoisotopic (exact) mass is 198 g/mol. The molecule has 0 aliphatic rings. The second-order valence-corrected chi connectivity index (χ2v) is 2.80. The van der Waals surface area contributed by atoms with Crippen LogP contribution in [0.1, 0.15) is 27.2 Å². The number of rotatable bonds is 3. The van der Waals surface area contributed by atoms with Crippen LogP contribution in [0.25, 0.3) is 0 Å². The number of nitrogens with two attached hydrogens (primary N) is 2. The molecule has 0 rings (SSSR count). The van der Waals surface area contributed by atoms with Gasteiger partial charge in [0.05, 0.1) is 0 Å². The van der Waals surface area contributed by atoms with Crippen molar-refractivity contribution >= 4 is 11.8 Å². The molecule has 0 spiro atoms. The molecule has 0 unspecified atom stereocenters. The lowest BCUT2D eigenvalue weighted by atomic mass is 10.2. The van der Waals surface area contributed by atoms with Crippen molar-refractivity contribution in [1.29, 1.82) is 0 Å².